The van der Waals surface area contributed by atoms with Crippen LogP contribution in [0.1, 0.15) is 44.9 Å². The fourth-order valence-electron chi connectivity index (χ4n) is 4.73. The van der Waals surface area contributed by atoms with Gasteiger partial charge in [-0.1, -0.05) is 19.3 Å². The van der Waals surface area contributed by atoms with E-state index in [0.717, 1.165) is 25.4 Å². The summed E-state index contributed by atoms with van der Waals surface area (Å²) in [6.07, 6.45) is 3.17. The Morgan fingerprint density at radius 1 is 1.16 bits per heavy atom. The van der Waals surface area contributed by atoms with Gasteiger partial charge in [0.05, 0.1) is 19.1 Å². The van der Waals surface area contributed by atoms with Gasteiger partial charge in [-0.2, -0.15) is 13.2 Å². The second-order valence-corrected chi connectivity index (χ2v) is 7.94. The van der Waals surface area contributed by atoms with Crippen molar-refractivity contribution in [2.75, 3.05) is 32.8 Å². The van der Waals surface area contributed by atoms with Crippen molar-refractivity contribution in [2.45, 2.75) is 57.2 Å². The van der Waals surface area contributed by atoms with E-state index in [-0.39, 0.29) is 12.5 Å². The van der Waals surface area contributed by atoms with E-state index in [9.17, 15) is 18.0 Å². The lowest BCUT2D eigenvalue weighted by molar-refractivity contribution is -0.140. The molecule has 2 heterocycles. The van der Waals surface area contributed by atoms with Crippen molar-refractivity contribution >= 4 is 5.91 Å². The van der Waals surface area contributed by atoms with Crippen LogP contribution in [0, 0.1) is 17.8 Å². The summed E-state index contributed by atoms with van der Waals surface area (Å²) in [5.41, 5.74) is 0. The Balaban J connectivity index is 1.42. The van der Waals surface area contributed by atoms with E-state index in [4.69, 9.17) is 4.74 Å². The number of piperidine rings is 1. The standard InChI is InChI=1S/C18H29F3N2O2/c19-18(20,21)12-22-17(24)8-16-15-6-7-23(10-14(15)11-25-16)9-13-4-2-1-3-5-13/h13-16H,1-12H2,(H,22,24)/t14-,15-,16+/m1/s1. The molecule has 2 aliphatic heterocycles. The predicted molar refractivity (Wildman–Crippen MR) is 88.0 cm³/mol. The van der Waals surface area contributed by atoms with Crippen molar-refractivity contribution in [3.8, 4) is 0 Å². The number of halogens is 3. The summed E-state index contributed by atoms with van der Waals surface area (Å²) in [7, 11) is 0. The zero-order chi connectivity index (χ0) is 17.9. The molecule has 0 spiro atoms. The first-order chi connectivity index (χ1) is 11.9. The van der Waals surface area contributed by atoms with Crippen molar-refractivity contribution in [3.63, 3.8) is 0 Å². The second-order valence-electron chi connectivity index (χ2n) is 7.94. The molecule has 0 radical (unpaired) electrons. The van der Waals surface area contributed by atoms with Crippen LogP contribution in [0.4, 0.5) is 13.2 Å². The lowest BCUT2D eigenvalue weighted by Crippen LogP contribution is -2.44. The fourth-order valence-corrected chi connectivity index (χ4v) is 4.73. The highest BCUT2D eigenvalue weighted by atomic mass is 19.4. The molecule has 3 rings (SSSR count). The Labute approximate surface area is 147 Å². The Kier molecular flexibility index (Phi) is 6.25. The van der Waals surface area contributed by atoms with Crippen LogP contribution >= 0.6 is 0 Å². The number of rotatable bonds is 5. The molecule has 0 unspecified atom stereocenters. The van der Waals surface area contributed by atoms with Crippen molar-refractivity contribution in [1.82, 2.24) is 10.2 Å². The molecule has 7 heteroatoms. The van der Waals surface area contributed by atoms with E-state index < -0.39 is 18.6 Å². The van der Waals surface area contributed by atoms with E-state index in [1.54, 1.807) is 0 Å². The third kappa shape index (κ3) is 5.58. The molecule has 0 aromatic carbocycles. The number of alkyl halides is 3. The number of carbonyl (C=O) groups is 1. The third-order valence-corrected chi connectivity index (χ3v) is 5.99. The molecule has 144 valence electrons. The number of ether oxygens (including phenoxy) is 1. The topological polar surface area (TPSA) is 41.6 Å². The van der Waals surface area contributed by atoms with Gasteiger partial charge in [0.2, 0.25) is 5.91 Å². The second kappa shape index (κ2) is 8.25. The van der Waals surface area contributed by atoms with E-state index >= 15 is 0 Å². The number of likely N-dealkylation sites (tertiary alicyclic amines) is 1. The normalized spacial score (nSPS) is 31.7. The number of hydrogen-bond acceptors (Lipinski definition) is 3. The van der Waals surface area contributed by atoms with Gasteiger partial charge in [-0.3, -0.25) is 4.79 Å². The monoisotopic (exact) mass is 362 g/mol. The lowest BCUT2D eigenvalue weighted by Gasteiger charge is -2.38. The number of carbonyl (C=O) groups excluding carboxylic acids is 1. The molecule has 3 atom stereocenters. The predicted octanol–water partition coefficient (Wildman–Crippen LogP) is 2.97. The molecule has 1 aliphatic carbocycles. The van der Waals surface area contributed by atoms with Gasteiger partial charge in [0.15, 0.2) is 0 Å². The smallest absolute Gasteiger partial charge is 0.377 e. The minimum absolute atomic E-state index is 0.0415. The average Bonchev–Trinajstić information content (AvgIpc) is 2.95. The summed E-state index contributed by atoms with van der Waals surface area (Å²) in [5.74, 6) is 0.973. The number of nitrogens with zero attached hydrogens (tertiary/aromatic N) is 1. The highest BCUT2D eigenvalue weighted by Gasteiger charge is 2.42. The Hall–Kier alpha value is -0.820. The maximum absolute atomic E-state index is 12.2. The molecule has 1 N–H and O–H groups in total. The van der Waals surface area contributed by atoms with Crippen LogP contribution in [0.5, 0.6) is 0 Å². The van der Waals surface area contributed by atoms with Crippen LogP contribution in [0.3, 0.4) is 0 Å². The largest absolute Gasteiger partial charge is 0.405 e. The Morgan fingerprint density at radius 3 is 2.64 bits per heavy atom. The van der Waals surface area contributed by atoms with Gasteiger partial charge in [0.25, 0.3) is 0 Å². The minimum Gasteiger partial charge on any atom is -0.377 e. The molecule has 25 heavy (non-hydrogen) atoms. The molecule has 1 amide bonds. The van der Waals surface area contributed by atoms with Gasteiger partial charge in [-0.25, -0.2) is 0 Å². The summed E-state index contributed by atoms with van der Waals surface area (Å²) < 4.78 is 42.3. The van der Waals surface area contributed by atoms with E-state index in [1.807, 2.05) is 5.32 Å². The molecule has 1 saturated carbocycles. The van der Waals surface area contributed by atoms with Crippen LogP contribution in [-0.4, -0.2) is 55.9 Å². The molecule has 2 saturated heterocycles. The SMILES string of the molecule is O=C(C[C@@H]1OC[C@H]2CN(CC3CCCCC3)CC[C@H]21)NCC(F)(F)F. The van der Waals surface area contributed by atoms with E-state index in [1.165, 1.54) is 38.6 Å². The average molecular weight is 362 g/mol. The molecule has 0 aromatic rings. The van der Waals surface area contributed by atoms with Crippen LogP contribution in [-0.2, 0) is 9.53 Å². The molecule has 4 nitrogen and oxygen atoms in total. The van der Waals surface area contributed by atoms with Gasteiger partial charge >= 0.3 is 6.18 Å². The van der Waals surface area contributed by atoms with E-state index in [0.29, 0.717) is 18.4 Å². The number of hydrogen-bond donors (Lipinski definition) is 1. The molecule has 0 aromatic heterocycles. The summed E-state index contributed by atoms with van der Waals surface area (Å²) in [4.78, 5) is 14.3. The first-order valence-corrected chi connectivity index (χ1v) is 9.58. The summed E-state index contributed by atoms with van der Waals surface area (Å²) in [6.45, 7) is 2.55. The van der Waals surface area contributed by atoms with Crippen molar-refractivity contribution in [1.29, 1.82) is 0 Å². The van der Waals surface area contributed by atoms with Crippen molar-refractivity contribution < 1.29 is 22.7 Å². The summed E-state index contributed by atoms with van der Waals surface area (Å²) >= 11 is 0. The minimum atomic E-state index is -4.36. The number of amides is 1. The zero-order valence-corrected chi connectivity index (χ0v) is 14.7. The Bertz CT molecular complexity index is 452. The summed E-state index contributed by atoms with van der Waals surface area (Å²) in [6, 6.07) is 0. The van der Waals surface area contributed by atoms with Crippen LogP contribution in [0.15, 0.2) is 0 Å². The lowest BCUT2D eigenvalue weighted by atomic mass is 9.82. The highest BCUT2D eigenvalue weighted by molar-refractivity contribution is 5.76. The van der Waals surface area contributed by atoms with Gasteiger partial charge in [0, 0.05) is 19.0 Å². The maximum Gasteiger partial charge on any atom is 0.405 e. The maximum atomic E-state index is 12.2. The molecule has 3 aliphatic rings. The molecule has 3 fully saturated rings. The van der Waals surface area contributed by atoms with Gasteiger partial charge in [-0.15, -0.1) is 0 Å². The number of nitrogens with one attached hydrogen (secondary N) is 1. The quantitative estimate of drug-likeness (QED) is 0.818. The van der Waals surface area contributed by atoms with Gasteiger partial charge in [-0.05, 0) is 37.6 Å². The number of fused-ring (bicyclic) bond motifs is 1. The van der Waals surface area contributed by atoms with Crippen molar-refractivity contribution in [2.24, 2.45) is 17.8 Å². The highest BCUT2D eigenvalue weighted by Crippen LogP contribution is 2.36. The van der Waals surface area contributed by atoms with Gasteiger partial charge in [0.1, 0.15) is 6.54 Å². The van der Waals surface area contributed by atoms with Crippen LogP contribution < -0.4 is 5.32 Å². The molecular formula is C18H29F3N2O2. The van der Waals surface area contributed by atoms with Gasteiger partial charge < -0.3 is 15.0 Å². The first-order valence-electron chi connectivity index (χ1n) is 9.58. The van der Waals surface area contributed by atoms with Crippen LogP contribution in [0.2, 0.25) is 0 Å². The van der Waals surface area contributed by atoms with E-state index in [2.05, 4.69) is 4.90 Å². The first kappa shape index (κ1) is 19.0. The third-order valence-electron chi connectivity index (χ3n) is 5.99. The Morgan fingerprint density at radius 2 is 1.92 bits per heavy atom. The zero-order valence-electron chi connectivity index (χ0n) is 14.7. The summed E-state index contributed by atoms with van der Waals surface area (Å²) in [5, 5.41) is 1.95. The fraction of sp³-hybridized carbons (Fsp3) is 0.944. The molecule has 0 bridgehead atoms. The van der Waals surface area contributed by atoms with Crippen molar-refractivity contribution in [3.05, 3.63) is 0 Å². The molecular weight excluding hydrogens is 333 g/mol. The van der Waals surface area contributed by atoms with Crippen LogP contribution in [0.25, 0.3) is 0 Å².